The van der Waals surface area contributed by atoms with Crippen molar-refractivity contribution in [1.82, 2.24) is 24.8 Å². The van der Waals surface area contributed by atoms with Gasteiger partial charge in [0.15, 0.2) is 0 Å². The number of fused-ring (bicyclic) bond motifs is 7. The predicted octanol–water partition coefficient (Wildman–Crippen LogP) is 4.75. The standard InChI is InChI=1S/C25H21N5O/c1-15-8-12-30(13-9-15)25(31)16-6-7-19-20(14-16)29-24-22-18(5-3-11-27-22)17-4-2-10-26-21(17)23(24)28-19/h2-7,10-11,14-15H,8-9,12-13H2,1H3. The van der Waals surface area contributed by atoms with E-state index in [0.717, 1.165) is 58.8 Å². The Kier molecular flexibility index (Phi) is 4.06. The molecule has 1 saturated heterocycles. The molecule has 0 atom stereocenters. The van der Waals surface area contributed by atoms with Gasteiger partial charge in [0.05, 0.1) is 22.1 Å². The molecule has 0 spiro atoms. The summed E-state index contributed by atoms with van der Waals surface area (Å²) in [4.78, 5) is 34.0. The first-order valence-electron chi connectivity index (χ1n) is 10.7. The van der Waals surface area contributed by atoms with Crippen LogP contribution in [0.15, 0.2) is 54.9 Å². The second-order valence-electron chi connectivity index (χ2n) is 8.40. The molecule has 5 aromatic rings. The van der Waals surface area contributed by atoms with Crippen LogP contribution in [0.1, 0.15) is 30.1 Å². The number of piperidine rings is 1. The first-order chi connectivity index (χ1) is 15.2. The fraction of sp³-hybridized carbons (Fsp3) is 0.240. The van der Waals surface area contributed by atoms with Gasteiger partial charge in [-0.2, -0.15) is 0 Å². The van der Waals surface area contributed by atoms with E-state index in [2.05, 4.69) is 16.9 Å². The summed E-state index contributed by atoms with van der Waals surface area (Å²) in [5.41, 5.74) is 5.17. The number of carbonyl (C=O) groups excluding carboxylic acids is 1. The monoisotopic (exact) mass is 407 g/mol. The van der Waals surface area contributed by atoms with Crippen molar-refractivity contribution < 1.29 is 4.79 Å². The molecular weight excluding hydrogens is 386 g/mol. The van der Waals surface area contributed by atoms with Crippen LogP contribution in [0.2, 0.25) is 0 Å². The maximum Gasteiger partial charge on any atom is 0.253 e. The Labute approximate surface area is 179 Å². The fourth-order valence-electron chi connectivity index (χ4n) is 4.53. The number of benzene rings is 2. The molecule has 1 fully saturated rings. The van der Waals surface area contributed by atoms with Crippen LogP contribution in [0.3, 0.4) is 0 Å². The van der Waals surface area contributed by atoms with Crippen LogP contribution < -0.4 is 0 Å². The lowest BCUT2D eigenvalue weighted by Crippen LogP contribution is -2.37. The van der Waals surface area contributed by atoms with Crippen molar-refractivity contribution in [3.8, 4) is 0 Å². The van der Waals surface area contributed by atoms with Crippen LogP contribution in [-0.4, -0.2) is 43.8 Å². The number of aromatic nitrogens is 4. The zero-order chi connectivity index (χ0) is 20.9. The third-order valence-corrected chi connectivity index (χ3v) is 6.34. The number of likely N-dealkylation sites (tertiary alicyclic amines) is 1. The smallest absolute Gasteiger partial charge is 0.253 e. The SMILES string of the molecule is CC1CCN(C(=O)c2ccc3nc4c5ncccc5c5cccnc5c4nc3c2)CC1. The van der Waals surface area contributed by atoms with E-state index in [0.29, 0.717) is 22.5 Å². The van der Waals surface area contributed by atoms with Gasteiger partial charge >= 0.3 is 0 Å². The van der Waals surface area contributed by atoms with E-state index in [1.807, 2.05) is 47.4 Å². The van der Waals surface area contributed by atoms with Crippen molar-refractivity contribution in [3.63, 3.8) is 0 Å². The van der Waals surface area contributed by atoms with Crippen molar-refractivity contribution in [2.45, 2.75) is 19.8 Å². The van der Waals surface area contributed by atoms with E-state index in [-0.39, 0.29) is 5.91 Å². The van der Waals surface area contributed by atoms with Crippen molar-refractivity contribution in [2.75, 3.05) is 13.1 Å². The van der Waals surface area contributed by atoms with Gasteiger partial charge in [-0.1, -0.05) is 19.1 Å². The molecule has 0 radical (unpaired) electrons. The quantitative estimate of drug-likeness (QED) is 0.296. The Morgan fingerprint density at radius 2 is 1.45 bits per heavy atom. The number of amides is 1. The number of rotatable bonds is 1. The molecule has 0 bridgehead atoms. The molecule has 6 nitrogen and oxygen atoms in total. The Bertz CT molecular complexity index is 1490. The van der Waals surface area contributed by atoms with Crippen LogP contribution in [-0.2, 0) is 0 Å². The van der Waals surface area contributed by atoms with Gasteiger partial charge in [-0.05, 0) is 49.1 Å². The Balaban J connectivity index is 1.56. The number of nitrogens with zero attached hydrogens (tertiary/aromatic N) is 5. The van der Waals surface area contributed by atoms with E-state index in [1.165, 1.54) is 0 Å². The molecule has 152 valence electrons. The summed E-state index contributed by atoms with van der Waals surface area (Å²) in [7, 11) is 0. The summed E-state index contributed by atoms with van der Waals surface area (Å²) >= 11 is 0. The van der Waals surface area contributed by atoms with Crippen LogP contribution in [0.25, 0.3) is 43.9 Å². The van der Waals surface area contributed by atoms with E-state index in [9.17, 15) is 4.79 Å². The van der Waals surface area contributed by atoms with E-state index < -0.39 is 0 Å². The highest BCUT2D eigenvalue weighted by molar-refractivity contribution is 6.21. The second-order valence-corrected chi connectivity index (χ2v) is 8.40. The summed E-state index contributed by atoms with van der Waals surface area (Å²) in [6.07, 6.45) is 5.66. The average molecular weight is 407 g/mol. The molecule has 1 aliphatic rings. The summed E-state index contributed by atoms with van der Waals surface area (Å²) in [6.45, 7) is 3.87. The van der Waals surface area contributed by atoms with Gasteiger partial charge in [0.25, 0.3) is 5.91 Å². The third-order valence-electron chi connectivity index (χ3n) is 6.34. The van der Waals surface area contributed by atoms with Gasteiger partial charge in [0, 0.05) is 41.8 Å². The van der Waals surface area contributed by atoms with Crippen molar-refractivity contribution in [3.05, 3.63) is 60.4 Å². The van der Waals surface area contributed by atoms with Crippen LogP contribution in [0, 0.1) is 5.92 Å². The zero-order valence-electron chi connectivity index (χ0n) is 17.2. The highest BCUT2D eigenvalue weighted by atomic mass is 16.2. The van der Waals surface area contributed by atoms with Crippen LogP contribution in [0.4, 0.5) is 0 Å². The summed E-state index contributed by atoms with van der Waals surface area (Å²) < 4.78 is 0. The number of hydrogen-bond donors (Lipinski definition) is 0. The lowest BCUT2D eigenvalue weighted by atomic mass is 9.98. The molecular formula is C25H21N5O. The first-order valence-corrected chi connectivity index (χ1v) is 10.7. The lowest BCUT2D eigenvalue weighted by molar-refractivity contribution is 0.0697. The molecule has 4 heterocycles. The molecule has 1 amide bonds. The Hall–Kier alpha value is -3.67. The highest BCUT2D eigenvalue weighted by Crippen LogP contribution is 2.32. The van der Waals surface area contributed by atoms with Crippen LogP contribution >= 0.6 is 0 Å². The molecule has 6 heteroatoms. The minimum Gasteiger partial charge on any atom is -0.339 e. The zero-order valence-corrected chi connectivity index (χ0v) is 17.2. The third kappa shape index (κ3) is 2.90. The Morgan fingerprint density at radius 1 is 0.839 bits per heavy atom. The molecule has 6 rings (SSSR count). The molecule has 0 aliphatic carbocycles. The average Bonchev–Trinajstić information content (AvgIpc) is 2.83. The fourth-order valence-corrected chi connectivity index (χ4v) is 4.53. The number of carbonyl (C=O) groups is 1. The van der Waals surface area contributed by atoms with Gasteiger partial charge in [0.2, 0.25) is 0 Å². The maximum atomic E-state index is 13.1. The minimum atomic E-state index is 0.0684. The summed E-state index contributed by atoms with van der Waals surface area (Å²) in [5, 5.41) is 2.01. The molecule has 2 aromatic carbocycles. The van der Waals surface area contributed by atoms with Gasteiger partial charge in [-0.25, -0.2) is 9.97 Å². The molecule has 0 unspecified atom stereocenters. The number of hydrogen-bond acceptors (Lipinski definition) is 5. The van der Waals surface area contributed by atoms with Gasteiger partial charge in [-0.15, -0.1) is 0 Å². The van der Waals surface area contributed by atoms with Gasteiger partial charge < -0.3 is 4.90 Å². The van der Waals surface area contributed by atoms with Gasteiger partial charge in [-0.3, -0.25) is 14.8 Å². The topological polar surface area (TPSA) is 71.9 Å². The summed E-state index contributed by atoms with van der Waals surface area (Å²) in [6, 6.07) is 13.5. The van der Waals surface area contributed by atoms with Gasteiger partial charge in [0.1, 0.15) is 11.0 Å². The Morgan fingerprint density at radius 3 is 2.10 bits per heavy atom. The minimum absolute atomic E-state index is 0.0684. The number of pyridine rings is 2. The van der Waals surface area contributed by atoms with Crippen molar-refractivity contribution >= 4 is 49.8 Å². The first kappa shape index (κ1) is 18.1. The highest BCUT2D eigenvalue weighted by Gasteiger charge is 2.22. The molecule has 1 aliphatic heterocycles. The van der Waals surface area contributed by atoms with Crippen molar-refractivity contribution in [2.24, 2.45) is 5.92 Å². The summed E-state index contributed by atoms with van der Waals surface area (Å²) in [5.74, 6) is 0.751. The predicted molar refractivity (Wildman–Crippen MR) is 122 cm³/mol. The molecule has 3 aromatic heterocycles. The van der Waals surface area contributed by atoms with Crippen molar-refractivity contribution in [1.29, 1.82) is 0 Å². The normalized spacial score (nSPS) is 15.3. The lowest BCUT2D eigenvalue weighted by Gasteiger charge is -2.30. The van der Waals surface area contributed by atoms with E-state index in [1.54, 1.807) is 12.4 Å². The van der Waals surface area contributed by atoms with Crippen LogP contribution in [0.5, 0.6) is 0 Å². The van der Waals surface area contributed by atoms with E-state index in [4.69, 9.17) is 9.97 Å². The molecule has 31 heavy (non-hydrogen) atoms. The molecule has 0 saturated carbocycles. The van der Waals surface area contributed by atoms with E-state index >= 15 is 0 Å². The largest absolute Gasteiger partial charge is 0.339 e. The maximum absolute atomic E-state index is 13.1. The second kappa shape index (κ2) is 6.94. The molecule has 0 N–H and O–H groups in total.